The maximum absolute atomic E-state index is 6.21. The van der Waals surface area contributed by atoms with Gasteiger partial charge in [-0.05, 0) is 49.9 Å². The molecule has 0 aliphatic heterocycles. The van der Waals surface area contributed by atoms with Gasteiger partial charge in [-0.3, -0.25) is 0 Å². The van der Waals surface area contributed by atoms with Crippen molar-refractivity contribution >= 4 is 21.5 Å². The largest absolute Gasteiger partial charge is 0.492 e. The minimum atomic E-state index is 0.617. The Morgan fingerprint density at radius 2 is 1.15 bits per heavy atom. The highest BCUT2D eigenvalue weighted by atomic mass is 16.5. The summed E-state index contributed by atoms with van der Waals surface area (Å²) in [6.07, 6.45) is 5.40. The zero-order valence-corrected chi connectivity index (χ0v) is 15.7. The Morgan fingerprint density at radius 3 is 1.54 bits per heavy atom. The van der Waals surface area contributed by atoms with Crippen molar-refractivity contribution in [1.82, 2.24) is 0 Å². The van der Waals surface area contributed by atoms with E-state index in [1.807, 2.05) is 24.3 Å². The van der Waals surface area contributed by atoms with E-state index < -0.39 is 0 Å². The topological polar surface area (TPSA) is 18.5 Å². The first-order chi connectivity index (χ1) is 12.7. The molecule has 0 N–H and O–H groups in total. The molecule has 0 saturated carbocycles. The fourth-order valence-electron chi connectivity index (χ4n) is 3.16. The van der Waals surface area contributed by atoms with Crippen LogP contribution in [0, 0.1) is 13.8 Å². The molecule has 0 bridgehead atoms. The normalized spacial score (nSPS) is 10.8. The van der Waals surface area contributed by atoms with Gasteiger partial charge in [0.2, 0.25) is 0 Å². The van der Waals surface area contributed by atoms with Gasteiger partial charge in [0.05, 0.1) is 13.2 Å². The zero-order chi connectivity index (χ0) is 18.5. The summed E-state index contributed by atoms with van der Waals surface area (Å²) < 4.78 is 12.4. The second-order valence-corrected chi connectivity index (χ2v) is 6.54. The van der Waals surface area contributed by atoms with Gasteiger partial charge < -0.3 is 9.47 Å². The standard InChI is InChI=1S/C24H26O2/c1-5-7-13-25-23-19-11-9-10-12-20(19)24(26-14-8-6-2)22-16-18(4)17(3)15-21(22)23/h5-6,9-12,15-16H,1-2,7-8,13-14H2,3-4H3. The maximum Gasteiger partial charge on any atom is 0.135 e. The van der Waals surface area contributed by atoms with Crippen LogP contribution in [-0.4, -0.2) is 13.2 Å². The van der Waals surface area contributed by atoms with Crippen LogP contribution in [0.4, 0.5) is 0 Å². The molecule has 3 aromatic carbocycles. The molecule has 0 atom stereocenters. The molecule has 134 valence electrons. The highest BCUT2D eigenvalue weighted by Crippen LogP contribution is 2.43. The summed E-state index contributed by atoms with van der Waals surface area (Å²) in [5.74, 6) is 1.85. The second kappa shape index (κ2) is 8.09. The minimum absolute atomic E-state index is 0.617. The first-order valence-corrected chi connectivity index (χ1v) is 9.10. The van der Waals surface area contributed by atoms with Gasteiger partial charge in [-0.2, -0.15) is 0 Å². The van der Waals surface area contributed by atoms with E-state index in [0.717, 1.165) is 45.9 Å². The van der Waals surface area contributed by atoms with Crippen LogP contribution in [-0.2, 0) is 0 Å². The van der Waals surface area contributed by atoms with E-state index in [1.54, 1.807) is 0 Å². The lowest BCUT2D eigenvalue weighted by molar-refractivity contribution is 0.327. The highest BCUT2D eigenvalue weighted by molar-refractivity contribution is 6.11. The molecule has 0 heterocycles. The van der Waals surface area contributed by atoms with E-state index >= 15 is 0 Å². The molecule has 0 aliphatic carbocycles. The summed E-state index contributed by atoms with van der Waals surface area (Å²) in [5.41, 5.74) is 2.50. The lowest BCUT2D eigenvalue weighted by Crippen LogP contribution is -2.02. The van der Waals surface area contributed by atoms with Crippen LogP contribution in [0.3, 0.4) is 0 Å². The summed E-state index contributed by atoms with van der Waals surface area (Å²) in [5, 5.41) is 4.37. The number of rotatable bonds is 8. The van der Waals surface area contributed by atoms with Gasteiger partial charge in [-0.25, -0.2) is 0 Å². The Labute approximate surface area is 155 Å². The molecule has 0 aromatic heterocycles. The molecule has 2 nitrogen and oxygen atoms in total. The number of aryl methyl sites for hydroxylation is 2. The first kappa shape index (κ1) is 18.1. The molecular formula is C24H26O2. The Hall–Kier alpha value is -2.74. The molecule has 0 unspecified atom stereocenters. The molecule has 0 aliphatic rings. The van der Waals surface area contributed by atoms with Crippen molar-refractivity contribution in [2.45, 2.75) is 26.7 Å². The molecule has 0 fully saturated rings. The van der Waals surface area contributed by atoms with Crippen LogP contribution in [0.5, 0.6) is 11.5 Å². The van der Waals surface area contributed by atoms with Crippen LogP contribution in [0.25, 0.3) is 21.5 Å². The molecule has 0 saturated heterocycles. The summed E-state index contributed by atoms with van der Waals surface area (Å²) in [6.45, 7) is 13.1. The molecule has 0 spiro atoms. The first-order valence-electron chi connectivity index (χ1n) is 9.10. The van der Waals surface area contributed by atoms with Gasteiger partial charge in [0.1, 0.15) is 11.5 Å². The monoisotopic (exact) mass is 346 g/mol. The summed E-state index contributed by atoms with van der Waals surface area (Å²) >= 11 is 0. The van der Waals surface area contributed by atoms with E-state index in [-0.39, 0.29) is 0 Å². The summed E-state index contributed by atoms with van der Waals surface area (Å²) in [6, 6.07) is 12.7. The van der Waals surface area contributed by atoms with Crippen molar-refractivity contribution in [2.24, 2.45) is 0 Å². The smallest absolute Gasteiger partial charge is 0.135 e. The molecule has 2 heteroatoms. The van der Waals surface area contributed by atoms with E-state index in [4.69, 9.17) is 9.47 Å². The van der Waals surface area contributed by atoms with E-state index in [2.05, 4.69) is 51.3 Å². The Morgan fingerprint density at radius 1 is 0.731 bits per heavy atom. The van der Waals surface area contributed by atoms with Crippen molar-refractivity contribution in [3.05, 3.63) is 72.8 Å². The third kappa shape index (κ3) is 3.45. The van der Waals surface area contributed by atoms with Gasteiger partial charge in [0.25, 0.3) is 0 Å². The van der Waals surface area contributed by atoms with Gasteiger partial charge in [-0.15, -0.1) is 13.2 Å². The Balaban J connectivity index is 2.29. The third-order valence-corrected chi connectivity index (χ3v) is 4.68. The fourth-order valence-corrected chi connectivity index (χ4v) is 3.16. The van der Waals surface area contributed by atoms with Crippen LogP contribution < -0.4 is 9.47 Å². The third-order valence-electron chi connectivity index (χ3n) is 4.68. The van der Waals surface area contributed by atoms with E-state index in [1.165, 1.54) is 11.1 Å². The quantitative estimate of drug-likeness (QED) is 0.263. The molecule has 0 amide bonds. The number of hydrogen-bond acceptors (Lipinski definition) is 2. The number of ether oxygens (including phenoxy) is 2. The number of hydrogen-bond donors (Lipinski definition) is 0. The molecular weight excluding hydrogens is 320 g/mol. The van der Waals surface area contributed by atoms with Gasteiger partial charge in [0.15, 0.2) is 0 Å². The van der Waals surface area contributed by atoms with Crippen molar-refractivity contribution < 1.29 is 9.47 Å². The lowest BCUT2D eigenvalue weighted by atomic mass is 9.96. The zero-order valence-electron chi connectivity index (χ0n) is 15.7. The van der Waals surface area contributed by atoms with Crippen molar-refractivity contribution in [2.75, 3.05) is 13.2 Å². The number of fused-ring (bicyclic) bond motifs is 2. The minimum Gasteiger partial charge on any atom is -0.492 e. The highest BCUT2D eigenvalue weighted by Gasteiger charge is 2.17. The van der Waals surface area contributed by atoms with Gasteiger partial charge >= 0.3 is 0 Å². The maximum atomic E-state index is 6.21. The van der Waals surface area contributed by atoms with Crippen LogP contribution in [0.2, 0.25) is 0 Å². The van der Waals surface area contributed by atoms with Crippen LogP contribution in [0.1, 0.15) is 24.0 Å². The van der Waals surface area contributed by atoms with Crippen molar-refractivity contribution in [3.63, 3.8) is 0 Å². The van der Waals surface area contributed by atoms with Gasteiger partial charge in [-0.1, -0.05) is 36.4 Å². The molecule has 0 radical (unpaired) electrons. The second-order valence-electron chi connectivity index (χ2n) is 6.54. The van der Waals surface area contributed by atoms with Crippen LogP contribution in [0.15, 0.2) is 61.7 Å². The predicted molar refractivity (Wildman–Crippen MR) is 112 cm³/mol. The van der Waals surface area contributed by atoms with E-state index in [9.17, 15) is 0 Å². The summed E-state index contributed by atoms with van der Waals surface area (Å²) in [7, 11) is 0. The number of benzene rings is 3. The Kier molecular flexibility index (Phi) is 5.62. The van der Waals surface area contributed by atoms with Gasteiger partial charge in [0, 0.05) is 21.5 Å². The van der Waals surface area contributed by atoms with Crippen molar-refractivity contribution in [1.29, 1.82) is 0 Å². The van der Waals surface area contributed by atoms with Crippen molar-refractivity contribution in [3.8, 4) is 11.5 Å². The average molecular weight is 346 g/mol. The average Bonchev–Trinajstić information content (AvgIpc) is 2.65. The Bertz CT molecular complexity index is 875. The predicted octanol–water partition coefficient (Wildman–Crippen LogP) is 6.52. The summed E-state index contributed by atoms with van der Waals surface area (Å²) in [4.78, 5) is 0. The lowest BCUT2D eigenvalue weighted by Gasteiger charge is -2.18. The molecule has 3 rings (SSSR count). The van der Waals surface area contributed by atoms with E-state index in [0.29, 0.717) is 13.2 Å². The molecule has 26 heavy (non-hydrogen) atoms. The van der Waals surface area contributed by atoms with Crippen LogP contribution >= 0.6 is 0 Å². The SMILES string of the molecule is C=CCCOc1c2ccccc2c(OCCC=C)c2cc(C)c(C)cc12. The molecule has 3 aromatic rings. The fraction of sp³-hybridized carbons (Fsp3) is 0.250.